The van der Waals surface area contributed by atoms with Crippen LogP contribution in [0, 0.1) is 18.8 Å². The van der Waals surface area contributed by atoms with Gasteiger partial charge in [0.1, 0.15) is 11.3 Å². The topological polar surface area (TPSA) is 105 Å². The van der Waals surface area contributed by atoms with Crippen molar-refractivity contribution in [2.45, 2.75) is 18.9 Å². The fourth-order valence-corrected chi connectivity index (χ4v) is 3.03. The van der Waals surface area contributed by atoms with Gasteiger partial charge in [0, 0.05) is 53.0 Å². The van der Waals surface area contributed by atoms with Gasteiger partial charge in [-0.05, 0) is 24.6 Å². The number of nitrogen functional groups attached to an aromatic ring is 1. The van der Waals surface area contributed by atoms with E-state index >= 15 is 0 Å². The van der Waals surface area contributed by atoms with E-state index < -0.39 is 18.5 Å². The number of aliphatic hydroxyl groups is 1. The number of rotatable bonds is 1. The Kier molecular flexibility index (Phi) is 3.42. The highest BCUT2D eigenvalue weighted by molar-refractivity contribution is 5.91. The van der Waals surface area contributed by atoms with Crippen LogP contribution in [0.1, 0.15) is 21.7 Å². The number of aromatic nitrogens is 3. The lowest BCUT2D eigenvalue weighted by Crippen LogP contribution is -2.37. The van der Waals surface area contributed by atoms with E-state index in [0.29, 0.717) is 33.2 Å². The minimum Gasteiger partial charge on any atom is -0.382 e. The molecular formula is C21H19N5O2. The van der Waals surface area contributed by atoms with Crippen molar-refractivity contribution < 1.29 is 14.0 Å². The maximum Gasteiger partial charge on any atom is 0.267 e. The Bertz CT molecular complexity index is 1270. The second-order valence-corrected chi connectivity index (χ2v) is 6.68. The Morgan fingerprint density at radius 2 is 2.21 bits per heavy atom. The minimum absolute atomic E-state index is 0.0731. The molecule has 4 rings (SSSR count). The fourth-order valence-electron chi connectivity index (χ4n) is 3.03. The van der Waals surface area contributed by atoms with Gasteiger partial charge in [0.15, 0.2) is 5.82 Å². The molecule has 3 aromatic rings. The standard InChI is InChI=1S/C21H19N5O2/c1-13-11-23-18(22)17-16(13)12-24-19(25-17)15-5-3-4-14(10-15)6-7-21(28)8-9-26(2)20(21)27/h3-5,10-12,28H,8-9H2,1-2H3,(H2,22,23)/i2D3. The van der Waals surface area contributed by atoms with Crippen LogP contribution in [-0.2, 0) is 4.79 Å². The maximum atomic E-state index is 12.3. The zero-order valence-electron chi connectivity index (χ0n) is 18.1. The number of aryl methyl sites for hydroxylation is 1. The number of nitrogens with two attached hydrogens (primary N) is 1. The molecule has 1 unspecified atom stereocenters. The van der Waals surface area contributed by atoms with E-state index in [0.717, 1.165) is 10.9 Å². The lowest BCUT2D eigenvalue weighted by atomic mass is 10.0. The number of nitrogens with zero attached hydrogens (tertiary/aromatic N) is 4. The average molecular weight is 376 g/mol. The van der Waals surface area contributed by atoms with Crippen LogP contribution in [0.25, 0.3) is 22.3 Å². The number of carbonyl (C=O) groups is 1. The molecular weight excluding hydrogens is 354 g/mol. The Morgan fingerprint density at radius 1 is 1.36 bits per heavy atom. The first-order valence-electron chi connectivity index (χ1n) is 10.1. The normalized spacial score (nSPS) is 21.0. The Balaban J connectivity index is 1.66. The van der Waals surface area contributed by atoms with E-state index in [1.807, 2.05) is 6.92 Å². The van der Waals surface area contributed by atoms with Crippen LogP contribution < -0.4 is 5.73 Å². The van der Waals surface area contributed by atoms with E-state index in [2.05, 4.69) is 26.8 Å². The summed E-state index contributed by atoms with van der Waals surface area (Å²) >= 11 is 0. The highest BCUT2D eigenvalue weighted by atomic mass is 16.3. The van der Waals surface area contributed by atoms with Crippen LogP contribution in [0.5, 0.6) is 0 Å². The van der Waals surface area contributed by atoms with E-state index in [4.69, 9.17) is 9.85 Å². The van der Waals surface area contributed by atoms with Crippen LogP contribution in [0.2, 0.25) is 0 Å². The summed E-state index contributed by atoms with van der Waals surface area (Å²) in [6, 6.07) is 6.98. The summed E-state index contributed by atoms with van der Waals surface area (Å²) in [5, 5.41) is 11.4. The molecule has 7 heteroatoms. The maximum absolute atomic E-state index is 12.3. The molecule has 0 aliphatic carbocycles. The number of pyridine rings is 1. The van der Waals surface area contributed by atoms with Crippen molar-refractivity contribution in [1.82, 2.24) is 19.9 Å². The average Bonchev–Trinajstić information content (AvgIpc) is 3.04. The first-order chi connectivity index (χ1) is 14.6. The predicted molar refractivity (Wildman–Crippen MR) is 106 cm³/mol. The summed E-state index contributed by atoms with van der Waals surface area (Å²) < 4.78 is 22.2. The molecule has 1 aliphatic rings. The third-order valence-corrected chi connectivity index (χ3v) is 4.68. The number of amides is 1. The lowest BCUT2D eigenvalue weighted by Gasteiger charge is -2.13. The summed E-state index contributed by atoms with van der Waals surface area (Å²) in [6.07, 6.45) is 3.28. The summed E-state index contributed by atoms with van der Waals surface area (Å²) in [4.78, 5) is 26.1. The van der Waals surface area contributed by atoms with Crippen molar-refractivity contribution in [2.24, 2.45) is 0 Å². The third kappa shape index (κ3) is 3.04. The van der Waals surface area contributed by atoms with Crippen molar-refractivity contribution >= 4 is 22.6 Å². The molecule has 1 aliphatic heterocycles. The number of carbonyl (C=O) groups excluding carboxylic acids is 1. The second kappa shape index (κ2) is 6.59. The number of likely N-dealkylation sites (tertiary alicyclic amines) is 1. The molecule has 1 amide bonds. The van der Waals surface area contributed by atoms with Crippen LogP contribution in [0.15, 0.2) is 36.7 Å². The molecule has 140 valence electrons. The molecule has 0 saturated carbocycles. The molecule has 3 N–H and O–H groups in total. The van der Waals surface area contributed by atoms with Gasteiger partial charge in [-0.3, -0.25) is 4.79 Å². The number of hydrogen-bond acceptors (Lipinski definition) is 6. The predicted octanol–water partition coefficient (Wildman–Crippen LogP) is 1.53. The summed E-state index contributed by atoms with van der Waals surface area (Å²) in [7, 11) is 0. The number of anilines is 1. The van der Waals surface area contributed by atoms with Crippen LogP contribution in [-0.4, -0.2) is 50.0 Å². The fraction of sp³-hybridized carbons (Fsp3) is 0.238. The smallest absolute Gasteiger partial charge is 0.267 e. The van der Waals surface area contributed by atoms with E-state index in [1.54, 1.807) is 36.7 Å². The Morgan fingerprint density at radius 3 is 3.00 bits per heavy atom. The quantitative estimate of drug-likeness (QED) is 0.624. The molecule has 2 aromatic heterocycles. The molecule has 3 heterocycles. The van der Waals surface area contributed by atoms with Crippen LogP contribution in [0.4, 0.5) is 5.82 Å². The van der Waals surface area contributed by atoms with E-state index in [1.165, 1.54) is 0 Å². The van der Waals surface area contributed by atoms with Crippen molar-refractivity contribution in [3.05, 3.63) is 47.8 Å². The van der Waals surface area contributed by atoms with Gasteiger partial charge in [0.2, 0.25) is 5.60 Å². The molecule has 28 heavy (non-hydrogen) atoms. The second-order valence-electron chi connectivity index (χ2n) is 6.68. The molecule has 0 spiro atoms. The molecule has 7 nitrogen and oxygen atoms in total. The van der Waals surface area contributed by atoms with E-state index in [-0.39, 0.29) is 13.0 Å². The molecule has 0 radical (unpaired) electrons. The van der Waals surface area contributed by atoms with Gasteiger partial charge >= 0.3 is 0 Å². The highest BCUT2D eigenvalue weighted by Gasteiger charge is 2.42. The number of hydrogen-bond donors (Lipinski definition) is 2. The van der Waals surface area contributed by atoms with Gasteiger partial charge in [0.25, 0.3) is 5.91 Å². The van der Waals surface area contributed by atoms with Crippen LogP contribution in [0.3, 0.4) is 0 Å². The zero-order valence-corrected chi connectivity index (χ0v) is 15.1. The SMILES string of the molecule is [2H]C([2H])([2H])N1CCC(O)(C#Cc2cccc(-c3ncc4c(C)cnc(N)c4n3)c2)C1=O. The van der Waals surface area contributed by atoms with Crippen LogP contribution >= 0.6 is 0 Å². The molecule has 0 bridgehead atoms. The summed E-state index contributed by atoms with van der Waals surface area (Å²) in [6.45, 7) is -0.789. The molecule has 1 fully saturated rings. The van der Waals surface area contributed by atoms with Gasteiger partial charge < -0.3 is 15.7 Å². The Hall–Kier alpha value is -3.50. The largest absolute Gasteiger partial charge is 0.382 e. The monoisotopic (exact) mass is 376 g/mol. The first kappa shape index (κ1) is 14.5. The minimum atomic E-state index is -2.61. The molecule has 1 atom stereocenters. The van der Waals surface area contributed by atoms with E-state index in [9.17, 15) is 9.90 Å². The van der Waals surface area contributed by atoms with Gasteiger partial charge in [-0.25, -0.2) is 15.0 Å². The third-order valence-electron chi connectivity index (χ3n) is 4.68. The molecule has 1 saturated heterocycles. The van der Waals surface area contributed by atoms with Gasteiger partial charge in [-0.15, -0.1) is 0 Å². The lowest BCUT2D eigenvalue weighted by molar-refractivity contribution is -0.137. The summed E-state index contributed by atoms with van der Waals surface area (Å²) in [5.41, 5.74) is 6.59. The number of fused-ring (bicyclic) bond motifs is 1. The number of benzene rings is 1. The van der Waals surface area contributed by atoms with Gasteiger partial charge in [0.05, 0.1) is 0 Å². The Labute approximate surface area is 166 Å². The first-order valence-corrected chi connectivity index (χ1v) is 8.64. The zero-order chi connectivity index (χ0) is 22.4. The molecule has 1 aromatic carbocycles. The van der Waals surface area contributed by atoms with Crippen molar-refractivity contribution in [1.29, 1.82) is 0 Å². The van der Waals surface area contributed by atoms with Crippen molar-refractivity contribution in [3.8, 4) is 23.2 Å². The van der Waals surface area contributed by atoms with Crippen molar-refractivity contribution in [2.75, 3.05) is 19.3 Å². The van der Waals surface area contributed by atoms with Gasteiger partial charge in [-0.2, -0.15) is 0 Å². The van der Waals surface area contributed by atoms with Crippen molar-refractivity contribution in [3.63, 3.8) is 0 Å². The van der Waals surface area contributed by atoms with Gasteiger partial charge in [-0.1, -0.05) is 24.0 Å². The summed E-state index contributed by atoms with van der Waals surface area (Å²) in [5.74, 6) is 5.14. The number of likely N-dealkylation sites (N-methyl/N-ethyl adjacent to an activating group) is 1. The highest BCUT2D eigenvalue weighted by Crippen LogP contribution is 2.24.